The van der Waals surface area contributed by atoms with E-state index in [1.807, 2.05) is 30.4 Å². The van der Waals surface area contributed by atoms with Crippen LogP contribution in [0.3, 0.4) is 0 Å². The summed E-state index contributed by atoms with van der Waals surface area (Å²) in [6.45, 7) is 3.79. The van der Waals surface area contributed by atoms with Gasteiger partial charge in [0.2, 0.25) is 5.78 Å². The van der Waals surface area contributed by atoms with Crippen LogP contribution >= 0.6 is 11.6 Å². The highest BCUT2D eigenvalue weighted by molar-refractivity contribution is 6.35. The molecule has 0 radical (unpaired) electrons. The lowest BCUT2D eigenvalue weighted by molar-refractivity contribution is -0.136. The van der Waals surface area contributed by atoms with Crippen molar-refractivity contribution in [1.29, 1.82) is 0 Å². The largest absolute Gasteiger partial charge is 0.481 e. The first-order valence-electron chi connectivity index (χ1n) is 5.85. The number of carboxylic acid groups (broad SMARTS) is 1. The van der Waals surface area contributed by atoms with E-state index in [0.717, 1.165) is 16.8 Å². The molecule has 19 heavy (non-hydrogen) atoms. The normalized spacial score (nSPS) is 11.5. The number of carboxylic acids is 1. The Bertz CT molecular complexity index is 816. The van der Waals surface area contributed by atoms with Gasteiger partial charge in [0.15, 0.2) is 0 Å². The second-order valence-corrected chi connectivity index (χ2v) is 5.06. The number of carbonyl (C=O) groups is 1. The molecule has 5 nitrogen and oxygen atoms in total. The first-order valence-corrected chi connectivity index (χ1v) is 6.22. The molecule has 3 rings (SSSR count). The minimum atomic E-state index is -0.871. The van der Waals surface area contributed by atoms with Gasteiger partial charge < -0.3 is 10.1 Å². The van der Waals surface area contributed by atoms with Crippen LogP contribution in [0, 0.1) is 13.8 Å². The second kappa shape index (κ2) is 3.99. The summed E-state index contributed by atoms with van der Waals surface area (Å²) in [6, 6.07) is 3.81. The summed E-state index contributed by atoms with van der Waals surface area (Å²) in [6.07, 6.45) is -0.0527. The molecule has 3 aromatic rings. The van der Waals surface area contributed by atoms with Crippen LogP contribution in [0.5, 0.6) is 0 Å². The Kier molecular flexibility index (Phi) is 2.53. The van der Waals surface area contributed by atoms with E-state index in [1.165, 1.54) is 0 Å². The standard InChI is InChI=1S/C13H12ClN3O2/c1-6-3-8(14)12-10(4-6)17-9(5-11(18)19)7(2)15-13(17)16-12/h3-4H,5H2,1-2H3,(H,15,16)(H,18,19). The number of hydrogen-bond donors (Lipinski definition) is 2. The van der Waals surface area contributed by atoms with Crippen LogP contribution in [0.1, 0.15) is 17.0 Å². The Morgan fingerprint density at radius 1 is 1.47 bits per heavy atom. The lowest BCUT2D eigenvalue weighted by Gasteiger charge is -2.01. The molecule has 1 aromatic carbocycles. The molecular formula is C13H12ClN3O2. The minimum absolute atomic E-state index is 0.0527. The number of aromatic nitrogens is 3. The molecule has 2 aromatic heterocycles. The van der Waals surface area contributed by atoms with Crippen LogP contribution in [-0.4, -0.2) is 25.4 Å². The van der Waals surface area contributed by atoms with Gasteiger partial charge in [0.05, 0.1) is 22.7 Å². The highest BCUT2D eigenvalue weighted by Crippen LogP contribution is 2.27. The average molecular weight is 278 g/mol. The molecule has 98 valence electrons. The molecule has 0 aliphatic heterocycles. The van der Waals surface area contributed by atoms with Crippen molar-refractivity contribution in [2.45, 2.75) is 20.3 Å². The van der Waals surface area contributed by atoms with Gasteiger partial charge >= 0.3 is 5.97 Å². The second-order valence-electron chi connectivity index (χ2n) is 4.65. The third-order valence-corrected chi connectivity index (χ3v) is 3.47. The molecule has 0 aliphatic carbocycles. The summed E-state index contributed by atoms with van der Waals surface area (Å²) in [7, 11) is 0. The first kappa shape index (κ1) is 12.0. The number of nitrogens with zero attached hydrogens (tertiary/aromatic N) is 2. The summed E-state index contributed by atoms with van der Waals surface area (Å²) in [5.74, 6) is -0.249. The molecule has 0 fully saturated rings. The Balaban J connectivity index is 2.43. The average Bonchev–Trinajstić information content (AvgIpc) is 2.77. The molecule has 0 unspecified atom stereocenters. The van der Waals surface area contributed by atoms with E-state index >= 15 is 0 Å². The number of fused-ring (bicyclic) bond motifs is 3. The van der Waals surface area contributed by atoms with Crippen LogP contribution in [0.15, 0.2) is 12.1 Å². The lowest BCUT2D eigenvalue weighted by atomic mass is 10.2. The molecule has 0 bridgehead atoms. The topological polar surface area (TPSA) is 70.4 Å². The van der Waals surface area contributed by atoms with Crippen LogP contribution in [0.4, 0.5) is 0 Å². The minimum Gasteiger partial charge on any atom is -0.481 e. The van der Waals surface area contributed by atoms with Gasteiger partial charge in [0.1, 0.15) is 5.52 Å². The highest BCUT2D eigenvalue weighted by atomic mass is 35.5. The summed E-state index contributed by atoms with van der Waals surface area (Å²) in [5.41, 5.74) is 4.04. The number of aryl methyl sites for hydroxylation is 2. The van der Waals surface area contributed by atoms with Crippen molar-refractivity contribution in [3.63, 3.8) is 0 Å². The molecule has 0 saturated heterocycles. The molecule has 2 heterocycles. The van der Waals surface area contributed by atoms with Crippen molar-refractivity contribution in [2.75, 3.05) is 0 Å². The van der Waals surface area contributed by atoms with Gasteiger partial charge in [-0.25, -0.2) is 4.98 Å². The Morgan fingerprint density at radius 3 is 2.89 bits per heavy atom. The zero-order chi connectivity index (χ0) is 13.7. The number of halogens is 1. The molecule has 6 heteroatoms. The van der Waals surface area contributed by atoms with E-state index in [4.69, 9.17) is 16.7 Å². The predicted octanol–water partition coefficient (Wildman–Crippen LogP) is 2.71. The maximum absolute atomic E-state index is 11.0. The molecule has 0 aliphatic rings. The summed E-state index contributed by atoms with van der Waals surface area (Å²) >= 11 is 6.18. The maximum Gasteiger partial charge on any atom is 0.309 e. The molecular weight excluding hydrogens is 266 g/mol. The van der Waals surface area contributed by atoms with Gasteiger partial charge in [-0.1, -0.05) is 11.6 Å². The zero-order valence-corrected chi connectivity index (χ0v) is 11.2. The lowest BCUT2D eigenvalue weighted by Crippen LogP contribution is -2.04. The van der Waals surface area contributed by atoms with Gasteiger partial charge in [-0.05, 0) is 31.5 Å². The smallest absolute Gasteiger partial charge is 0.309 e. The number of aromatic amines is 1. The fourth-order valence-corrected chi connectivity index (χ4v) is 2.70. The summed E-state index contributed by atoms with van der Waals surface area (Å²) < 4.78 is 1.83. The highest BCUT2D eigenvalue weighted by Gasteiger charge is 2.17. The number of hydrogen-bond acceptors (Lipinski definition) is 2. The fourth-order valence-electron chi connectivity index (χ4n) is 2.39. The first-order chi connectivity index (χ1) is 8.97. The molecule has 2 N–H and O–H groups in total. The monoisotopic (exact) mass is 277 g/mol. The van der Waals surface area contributed by atoms with Crippen molar-refractivity contribution in [3.05, 3.63) is 34.1 Å². The van der Waals surface area contributed by atoms with Crippen molar-refractivity contribution >= 4 is 34.4 Å². The third-order valence-electron chi connectivity index (χ3n) is 3.18. The van der Waals surface area contributed by atoms with Gasteiger partial charge in [0.25, 0.3) is 0 Å². The number of rotatable bonds is 2. The number of benzene rings is 1. The predicted molar refractivity (Wildman–Crippen MR) is 72.9 cm³/mol. The Labute approximate surface area is 113 Å². The quantitative estimate of drug-likeness (QED) is 0.756. The van der Waals surface area contributed by atoms with E-state index in [0.29, 0.717) is 22.0 Å². The zero-order valence-electron chi connectivity index (χ0n) is 10.5. The van der Waals surface area contributed by atoms with E-state index in [1.54, 1.807) is 0 Å². The van der Waals surface area contributed by atoms with Gasteiger partial charge in [-0.2, -0.15) is 0 Å². The van der Waals surface area contributed by atoms with Crippen molar-refractivity contribution < 1.29 is 9.90 Å². The molecule has 0 atom stereocenters. The SMILES string of the molecule is Cc1cc(Cl)c2nc3[nH]c(C)c(CC(=O)O)n3c2c1. The Morgan fingerprint density at radius 2 is 2.21 bits per heavy atom. The fraction of sp³-hybridized carbons (Fsp3) is 0.231. The summed E-state index contributed by atoms with van der Waals surface area (Å²) in [4.78, 5) is 18.5. The third kappa shape index (κ3) is 1.77. The van der Waals surface area contributed by atoms with Gasteiger partial charge in [0, 0.05) is 5.69 Å². The number of H-pyrrole nitrogens is 1. The maximum atomic E-state index is 11.0. The number of nitrogens with one attached hydrogen (secondary N) is 1. The van der Waals surface area contributed by atoms with Crippen molar-refractivity contribution in [2.24, 2.45) is 0 Å². The van der Waals surface area contributed by atoms with E-state index in [-0.39, 0.29) is 6.42 Å². The van der Waals surface area contributed by atoms with Crippen LogP contribution < -0.4 is 0 Å². The summed E-state index contributed by atoms with van der Waals surface area (Å²) in [5, 5.41) is 9.59. The number of aliphatic carboxylic acids is 1. The number of imidazole rings is 2. The van der Waals surface area contributed by atoms with Crippen LogP contribution in [0.2, 0.25) is 5.02 Å². The van der Waals surface area contributed by atoms with Crippen molar-refractivity contribution in [3.8, 4) is 0 Å². The van der Waals surface area contributed by atoms with Gasteiger partial charge in [-0.3, -0.25) is 9.20 Å². The molecule has 0 amide bonds. The van der Waals surface area contributed by atoms with Crippen LogP contribution in [-0.2, 0) is 11.2 Å². The molecule has 0 saturated carbocycles. The molecule has 0 spiro atoms. The van der Waals surface area contributed by atoms with Crippen LogP contribution in [0.25, 0.3) is 16.8 Å². The van der Waals surface area contributed by atoms with Gasteiger partial charge in [-0.15, -0.1) is 0 Å². The van der Waals surface area contributed by atoms with Crippen molar-refractivity contribution in [1.82, 2.24) is 14.4 Å². The van der Waals surface area contributed by atoms with E-state index < -0.39 is 5.97 Å². The van der Waals surface area contributed by atoms with E-state index in [2.05, 4.69) is 9.97 Å². The Hall–Kier alpha value is -2.01. The van der Waals surface area contributed by atoms with E-state index in [9.17, 15) is 4.79 Å².